The summed E-state index contributed by atoms with van der Waals surface area (Å²) in [6.07, 6.45) is 1.60. The lowest BCUT2D eigenvalue weighted by Crippen LogP contribution is -2.10. The normalized spacial score (nSPS) is 11.6. The highest BCUT2D eigenvalue weighted by atomic mass is 35.5. The van der Waals surface area contributed by atoms with Crippen LogP contribution in [0.4, 0.5) is 0 Å². The van der Waals surface area contributed by atoms with Crippen LogP contribution in [0.3, 0.4) is 0 Å². The average Bonchev–Trinajstić information content (AvgIpc) is 2.54. The minimum atomic E-state index is -4.09. The molecule has 0 N–H and O–H groups in total. The Morgan fingerprint density at radius 1 is 1.12 bits per heavy atom. The van der Waals surface area contributed by atoms with Gasteiger partial charge in [-0.15, -0.1) is 0 Å². The molecule has 0 aliphatic rings. The largest absolute Gasteiger partial charge is 0.423 e. The molecule has 2 aromatic carbocycles. The Morgan fingerprint density at radius 3 is 2.60 bits per heavy atom. The Balaban J connectivity index is 2.03. The molecule has 3 rings (SSSR count). The summed E-state index contributed by atoms with van der Waals surface area (Å²) < 4.78 is 35.1. The first-order valence-electron chi connectivity index (χ1n) is 7.66. The maximum absolute atomic E-state index is 12.4. The minimum absolute atomic E-state index is 0.0456. The smallest absolute Gasteiger partial charge is 0.340 e. The molecule has 0 unspecified atom stereocenters. The molecule has 0 aliphatic heterocycles. The van der Waals surface area contributed by atoms with E-state index in [2.05, 4.69) is 0 Å². The summed E-state index contributed by atoms with van der Waals surface area (Å²) in [6, 6.07) is 12.1. The van der Waals surface area contributed by atoms with Crippen molar-refractivity contribution in [2.75, 3.05) is 0 Å². The van der Waals surface area contributed by atoms with E-state index >= 15 is 0 Å². The lowest BCUT2D eigenvalue weighted by molar-refractivity contribution is 0.485. The molecule has 1 aromatic heterocycles. The van der Waals surface area contributed by atoms with Crippen LogP contribution in [0.1, 0.15) is 18.9 Å². The molecular formula is C18H15ClO5S. The monoisotopic (exact) mass is 378 g/mol. The van der Waals surface area contributed by atoms with Crippen molar-refractivity contribution in [3.05, 3.63) is 69.5 Å². The van der Waals surface area contributed by atoms with Crippen molar-refractivity contribution < 1.29 is 17.0 Å². The van der Waals surface area contributed by atoms with Crippen molar-refractivity contribution in [1.82, 2.24) is 0 Å². The van der Waals surface area contributed by atoms with Gasteiger partial charge in [0, 0.05) is 17.5 Å². The number of hydrogen-bond acceptors (Lipinski definition) is 5. The summed E-state index contributed by atoms with van der Waals surface area (Å²) in [6.45, 7) is 2.01. The maximum atomic E-state index is 12.4. The van der Waals surface area contributed by atoms with Crippen LogP contribution in [0.2, 0.25) is 5.02 Å². The van der Waals surface area contributed by atoms with Gasteiger partial charge in [0.15, 0.2) is 0 Å². The van der Waals surface area contributed by atoms with E-state index in [4.69, 9.17) is 20.2 Å². The molecular weight excluding hydrogens is 364 g/mol. The van der Waals surface area contributed by atoms with Gasteiger partial charge in [-0.1, -0.05) is 37.1 Å². The third-order valence-electron chi connectivity index (χ3n) is 3.63. The maximum Gasteiger partial charge on any atom is 0.340 e. The number of fused-ring (bicyclic) bond motifs is 1. The number of rotatable bonds is 5. The Hall–Kier alpha value is -2.31. The molecule has 0 atom stereocenters. The Bertz CT molecular complexity index is 1090. The fourth-order valence-corrected chi connectivity index (χ4v) is 3.98. The fourth-order valence-electron chi connectivity index (χ4n) is 2.56. The highest BCUT2D eigenvalue weighted by molar-refractivity contribution is 7.87. The molecule has 25 heavy (non-hydrogen) atoms. The van der Waals surface area contributed by atoms with Crippen molar-refractivity contribution in [3.8, 4) is 5.75 Å². The SMILES string of the molecule is CCCc1cc(=O)oc2cc(OS(=O)(=O)c3ccccc3Cl)ccc12. The first-order valence-corrected chi connectivity index (χ1v) is 9.45. The van der Waals surface area contributed by atoms with E-state index in [1.165, 1.54) is 30.3 Å². The Kier molecular flexibility index (Phi) is 4.83. The van der Waals surface area contributed by atoms with Crippen molar-refractivity contribution in [1.29, 1.82) is 0 Å². The van der Waals surface area contributed by atoms with Gasteiger partial charge in [0.05, 0.1) is 5.02 Å². The molecule has 5 nitrogen and oxygen atoms in total. The van der Waals surface area contributed by atoms with Gasteiger partial charge < -0.3 is 8.60 Å². The quantitative estimate of drug-likeness (QED) is 0.492. The van der Waals surface area contributed by atoms with Gasteiger partial charge in [-0.25, -0.2) is 4.79 Å². The summed E-state index contributed by atoms with van der Waals surface area (Å²) in [5.41, 5.74) is 0.652. The van der Waals surface area contributed by atoms with Crippen LogP contribution in [0.25, 0.3) is 11.0 Å². The van der Waals surface area contributed by atoms with E-state index in [1.807, 2.05) is 6.92 Å². The van der Waals surface area contributed by atoms with E-state index in [9.17, 15) is 13.2 Å². The zero-order chi connectivity index (χ0) is 18.0. The van der Waals surface area contributed by atoms with Crippen LogP contribution in [0.5, 0.6) is 5.75 Å². The van der Waals surface area contributed by atoms with Crippen molar-refractivity contribution in [2.45, 2.75) is 24.7 Å². The lowest BCUT2D eigenvalue weighted by Gasteiger charge is -2.09. The summed E-state index contributed by atoms with van der Waals surface area (Å²) in [4.78, 5) is 11.6. The van der Waals surface area contributed by atoms with E-state index in [1.54, 1.807) is 18.2 Å². The number of halogens is 1. The second-order valence-electron chi connectivity index (χ2n) is 5.47. The van der Waals surface area contributed by atoms with Gasteiger partial charge in [0.2, 0.25) is 0 Å². The fraction of sp³-hybridized carbons (Fsp3) is 0.167. The molecule has 0 bridgehead atoms. The first-order chi connectivity index (χ1) is 11.9. The molecule has 0 fully saturated rings. The second kappa shape index (κ2) is 6.90. The third kappa shape index (κ3) is 3.70. The molecule has 0 aliphatic carbocycles. The van der Waals surface area contributed by atoms with E-state index in [-0.39, 0.29) is 21.3 Å². The number of aryl methyl sites for hydroxylation is 1. The molecule has 0 spiro atoms. The van der Waals surface area contributed by atoms with Crippen LogP contribution in [0, 0.1) is 0 Å². The number of benzene rings is 2. The third-order valence-corrected chi connectivity index (χ3v) is 5.38. The summed E-state index contributed by atoms with van der Waals surface area (Å²) in [7, 11) is -4.09. The van der Waals surface area contributed by atoms with E-state index in [0.29, 0.717) is 0 Å². The summed E-state index contributed by atoms with van der Waals surface area (Å²) in [5, 5.41) is 0.823. The van der Waals surface area contributed by atoms with Gasteiger partial charge in [-0.3, -0.25) is 0 Å². The van der Waals surface area contributed by atoms with Gasteiger partial charge in [0.25, 0.3) is 0 Å². The highest BCUT2D eigenvalue weighted by Crippen LogP contribution is 2.28. The van der Waals surface area contributed by atoms with Gasteiger partial charge >= 0.3 is 15.7 Å². The molecule has 0 saturated carbocycles. The average molecular weight is 379 g/mol. The van der Waals surface area contributed by atoms with Gasteiger partial charge in [-0.2, -0.15) is 8.42 Å². The summed E-state index contributed by atoms with van der Waals surface area (Å²) in [5.74, 6) is 0.0456. The Labute approximate surface area is 149 Å². The molecule has 0 amide bonds. The Morgan fingerprint density at radius 2 is 1.88 bits per heavy atom. The van der Waals surface area contributed by atoms with Crippen molar-refractivity contribution in [3.63, 3.8) is 0 Å². The zero-order valence-corrected chi connectivity index (χ0v) is 14.9. The molecule has 0 saturated heterocycles. The van der Waals surface area contributed by atoms with Crippen LogP contribution in [0.15, 0.2) is 62.6 Å². The number of hydrogen-bond donors (Lipinski definition) is 0. The minimum Gasteiger partial charge on any atom is -0.423 e. The topological polar surface area (TPSA) is 73.6 Å². The van der Waals surface area contributed by atoms with Crippen LogP contribution in [-0.2, 0) is 16.5 Å². The highest BCUT2D eigenvalue weighted by Gasteiger charge is 2.20. The zero-order valence-electron chi connectivity index (χ0n) is 13.4. The summed E-state index contributed by atoms with van der Waals surface area (Å²) >= 11 is 5.93. The molecule has 1 heterocycles. The molecule has 3 aromatic rings. The molecule has 130 valence electrons. The van der Waals surface area contributed by atoms with Gasteiger partial charge in [0.1, 0.15) is 16.2 Å². The van der Waals surface area contributed by atoms with E-state index < -0.39 is 15.7 Å². The first kappa shape index (κ1) is 17.5. The van der Waals surface area contributed by atoms with Crippen LogP contribution < -0.4 is 9.81 Å². The van der Waals surface area contributed by atoms with Crippen molar-refractivity contribution >= 4 is 32.7 Å². The standard InChI is InChI=1S/C18H15ClO5S/c1-2-5-12-10-18(20)23-16-11-13(8-9-14(12)16)24-25(21,22)17-7-4-3-6-15(17)19/h3-4,6-11H,2,5H2,1H3. The van der Waals surface area contributed by atoms with Crippen LogP contribution in [-0.4, -0.2) is 8.42 Å². The van der Waals surface area contributed by atoms with Crippen LogP contribution >= 0.6 is 11.6 Å². The van der Waals surface area contributed by atoms with Gasteiger partial charge in [-0.05, 0) is 36.2 Å². The lowest BCUT2D eigenvalue weighted by atomic mass is 10.1. The van der Waals surface area contributed by atoms with Crippen molar-refractivity contribution in [2.24, 2.45) is 0 Å². The predicted octanol–water partition coefficient (Wildman–Crippen LogP) is 4.17. The molecule has 0 radical (unpaired) electrons. The second-order valence-corrected chi connectivity index (χ2v) is 7.39. The predicted molar refractivity (Wildman–Crippen MR) is 95.7 cm³/mol. The molecule has 7 heteroatoms. The van der Waals surface area contributed by atoms with E-state index in [0.717, 1.165) is 23.8 Å².